The van der Waals surface area contributed by atoms with Crippen LogP contribution in [0.4, 0.5) is 18.0 Å². The van der Waals surface area contributed by atoms with Crippen LogP contribution in [0.2, 0.25) is 0 Å². The maximum atomic E-state index is 12.7. The van der Waals surface area contributed by atoms with Crippen molar-refractivity contribution in [2.45, 2.75) is 6.36 Å². The van der Waals surface area contributed by atoms with Crippen LogP contribution in [0.1, 0.15) is 10.5 Å². The molecule has 1 N–H and O–H groups in total. The Morgan fingerprint density at radius 3 is 2.30 bits per heavy atom. The van der Waals surface area contributed by atoms with Gasteiger partial charge in [-0.25, -0.2) is 4.79 Å². The third kappa shape index (κ3) is 4.26. The molecule has 146 valence electrons. The summed E-state index contributed by atoms with van der Waals surface area (Å²) in [5.74, 6) is -0.617. The number of rotatable bonds is 2. The third-order valence-corrected chi connectivity index (χ3v) is 4.28. The van der Waals surface area contributed by atoms with Gasteiger partial charge in [0.15, 0.2) is 0 Å². The van der Waals surface area contributed by atoms with Gasteiger partial charge in [-0.15, -0.1) is 13.2 Å². The number of halogens is 3. The van der Waals surface area contributed by atoms with Gasteiger partial charge in [0.2, 0.25) is 0 Å². The Bertz CT molecular complexity index is 855. The molecular formula is C17H19F3N4O3. The molecule has 1 fully saturated rings. The van der Waals surface area contributed by atoms with Gasteiger partial charge in [-0.2, -0.15) is 0 Å². The quantitative estimate of drug-likeness (QED) is 0.865. The number of fused-ring (bicyclic) bond motifs is 1. The summed E-state index contributed by atoms with van der Waals surface area (Å²) in [5.41, 5.74) is 0.656. The highest BCUT2D eigenvalue weighted by molar-refractivity contribution is 5.98. The molecule has 0 radical (unpaired) electrons. The molecule has 1 aromatic heterocycles. The van der Waals surface area contributed by atoms with Crippen molar-refractivity contribution in [1.29, 1.82) is 0 Å². The number of hydrogen-bond acceptors (Lipinski definition) is 3. The maximum absolute atomic E-state index is 12.7. The SMILES string of the molecule is CN(C)C(=O)N1CCN(C(=O)c2cc3ccc(OC(F)(F)F)cc3[nH]2)CC1. The molecule has 7 nitrogen and oxygen atoms in total. The van der Waals surface area contributed by atoms with Crippen LogP contribution in [0.3, 0.4) is 0 Å². The number of urea groups is 1. The van der Waals surface area contributed by atoms with Crippen molar-refractivity contribution in [3.63, 3.8) is 0 Å². The molecule has 0 spiro atoms. The second-order valence-electron chi connectivity index (χ2n) is 6.44. The van der Waals surface area contributed by atoms with Crippen LogP contribution in [0.15, 0.2) is 24.3 Å². The molecule has 0 unspecified atom stereocenters. The fraction of sp³-hybridized carbons (Fsp3) is 0.412. The van der Waals surface area contributed by atoms with E-state index in [0.29, 0.717) is 37.1 Å². The summed E-state index contributed by atoms with van der Waals surface area (Å²) in [6, 6.07) is 5.34. The van der Waals surface area contributed by atoms with E-state index in [4.69, 9.17) is 0 Å². The van der Waals surface area contributed by atoms with Crippen molar-refractivity contribution in [1.82, 2.24) is 19.7 Å². The van der Waals surface area contributed by atoms with Gasteiger partial charge in [0.05, 0.1) is 0 Å². The normalized spacial score (nSPS) is 15.1. The smallest absolute Gasteiger partial charge is 0.406 e. The van der Waals surface area contributed by atoms with Gasteiger partial charge in [0.1, 0.15) is 11.4 Å². The van der Waals surface area contributed by atoms with Crippen molar-refractivity contribution in [3.8, 4) is 5.75 Å². The maximum Gasteiger partial charge on any atom is 0.573 e. The van der Waals surface area contributed by atoms with Crippen molar-refractivity contribution >= 4 is 22.8 Å². The van der Waals surface area contributed by atoms with Crippen LogP contribution in [-0.2, 0) is 0 Å². The largest absolute Gasteiger partial charge is 0.573 e. The minimum absolute atomic E-state index is 0.107. The van der Waals surface area contributed by atoms with E-state index in [1.54, 1.807) is 30.0 Å². The molecule has 3 rings (SSSR count). The molecule has 1 aliphatic rings. The van der Waals surface area contributed by atoms with Crippen LogP contribution in [0.25, 0.3) is 10.9 Å². The summed E-state index contributed by atoms with van der Waals surface area (Å²) in [4.78, 5) is 32.2. The van der Waals surface area contributed by atoms with E-state index < -0.39 is 6.36 Å². The summed E-state index contributed by atoms with van der Waals surface area (Å²) in [7, 11) is 3.34. The molecular weight excluding hydrogens is 365 g/mol. The Morgan fingerprint density at radius 1 is 1.07 bits per heavy atom. The minimum atomic E-state index is -4.78. The minimum Gasteiger partial charge on any atom is -0.406 e. The number of benzene rings is 1. The standard InChI is InChI=1S/C17H19F3N4O3/c1-22(2)16(26)24-7-5-23(6-8-24)15(25)14-9-11-3-4-12(10-13(11)21-14)27-17(18,19)20/h3-4,9-10,21H,5-8H2,1-2H3. The number of H-pyrrole nitrogens is 1. The van der Waals surface area contributed by atoms with E-state index in [1.165, 1.54) is 23.1 Å². The number of ether oxygens (including phenoxy) is 1. The summed E-state index contributed by atoms with van der Waals surface area (Å²) in [6.45, 7) is 1.62. The first-order valence-electron chi connectivity index (χ1n) is 8.28. The molecule has 1 aliphatic heterocycles. The average Bonchev–Trinajstić information content (AvgIpc) is 3.02. The lowest BCUT2D eigenvalue weighted by atomic mass is 10.2. The highest BCUT2D eigenvalue weighted by atomic mass is 19.4. The number of carbonyl (C=O) groups is 2. The van der Waals surface area contributed by atoms with Crippen LogP contribution in [-0.4, -0.2) is 78.3 Å². The van der Waals surface area contributed by atoms with E-state index in [0.717, 1.165) is 0 Å². The Morgan fingerprint density at radius 2 is 1.70 bits per heavy atom. The molecule has 10 heteroatoms. The number of aromatic amines is 1. The van der Waals surface area contributed by atoms with E-state index in [-0.39, 0.29) is 23.4 Å². The van der Waals surface area contributed by atoms with Gasteiger partial charge in [-0.3, -0.25) is 4.79 Å². The Hall–Kier alpha value is -2.91. The number of alkyl halides is 3. The first-order valence-corrected chi connectivity index (χ1v) is 8.28. The van der Waals surface area contributed by atoms with E-state index in [2.05, 4.69) is 9.72 Å². The van der Waals surface area contributed by atoms with E-state index in [1.807, 2.05) is 0 Å². The summed E-state index contributed by atoms with van der Waals surface area (Å²) in [5, 5.41) is 0.606. The number of piperazine rings is 1. The molecule has 3 amide bonds. The zero-order valence-corrected chi connectivity index (χ0v) is 14.8. The number of carbonyl (C=O) groups excluding carboxylic acids is 2. The summed E-state index contributed by atoms with van der Waals surface area (Å²) >= 11 is 0. The lowest BCUT2D eigenvalue weighted by Gasteiger charge is -2.35. The van der Waals surface area contributed by atoms with Crippen LogP contribution in [0, 0.1) is 0 Å². The van der Waals surface area contributed by atoms with Crippen LogP contribution in [0.5, 0.6) is 5.75 Å². The first-order chi connectivity index (χ1) is 12.6. The second kappa shape index (κ2) is 7.01. The molecule has 0 atom stereocenters. The van der Waals surface area contributed by atoms with E-state index >= 15 is 0 Å². The van der Waals surface area contributed by atoms with Gasteiger partial charge in [-0.05, 0) is 18.2 Å². The van der Waals surface area contributed by atoms with E-state index in [9.17, 15) is 22.8 Å². The highest BCUT2D eigenvalue weighted by Crippen LogP contribution is 2.27. The number of amides is 3. The molecule has 27 heavy (non-hydrogen) atoms. The number of nitrogens with one attached hydrogen (secondary N) is 1. The van der Waals surface area contributed by atoms with Crippen molar-refractivity contribution in [3.05, 3.63) is 30.0 Å². The summed E-state index contributed by atoms with van der Waals surface area (Å²) < 4.78 is 40.9. The fourth-order valence-corrected chi connectivity index (χ4v) is 2.97. The second-order valence-corrected chi connectivity index (χ2v) is 6.44. The highest BCUT2D eigenvalue weighted by Gasteiger charge is 2.31. The van der Waals surface area contributed by atoms with Gasteiger partial charge in [0.25, 0.3) is 5.91 Å². The molecule has 0 bridgehead atoms. The number of hydrogen-bond donors (Lipinski definition) is 1. The Balaban J connectivity index is 1.70. The monoisotopic (exact) mass is 384 g/mol. The van der Waals surface area contributed by atoms with Crippen LogP contribution < -0.4 is 4.74 Å². The number of nitrogens with zero attached hydrogens (tertiary/aromatic N) is 3. The molecule has 2 aromatic rings. The third-order valence-electron chi connectivity index (χ3n) is 4.28. The molecule has 0 aliphatic carbocycles. The van der Waals surface area contributed by atoms with Crippen molar-refractivity contribution < 1.29 is 27.5 Å². The average molecular weight is 384 g/mol. The lowest BCUT2D eigenvalue weighted by Crippen LogP contribution is -2.52. The Labute approximate surface area is 153 Å². The van der Waals surface area contributed by atoms with Crippen molar-refractivity contribution in [2.75, 3.05) is 40.3 Å². The van der Waals surface area contributed by atoms with Gasteiger partial charge >= 0.3 is 12.4 Å². The van der Waals surface area contributed by atoms with Gasteiger partial charge < -0.3 is 24.4 Å². The molecule has 1 aromatic carbocycles. The zero-order chi connectivity index (χ0) is 19.8. The number of aromatic nitrogens is 1. The van der Waals surface area contributed by atoms with Crippen molar-refractivity contribution in [2.24, 2.45) is 0 Å². The topological polar surface area (TPSA) is 68.9 Å². The van der Waals surface area contributed by atoms with Gasteiger partial charge in [0, 0.05) is 57.2 Å². The first kappa shape index (κ1) is 18.9. The van der Waals surface area contributed by atoms with Crippen LogP contribution >= 0.6 is 0 Å². The lowest BCUT2D eigenvalue weighted by molar-refractivity contribution is -0.274. The summed E-state index contributed by atoms with van der Waals surface area (Å²) in [6.07, 6.45) is -4.78. The zero-order valence-electron chi connectivity index (χ0n) is 14.8. The molecule has 2 heterocycles. The van der Waals surface area contributed by atoms with Gasteiger partial charge in [-0.1, -0.05) is 0 Å². The predicted molar refractivity (Wildman–Crippen MR) is 91.5 cm³/mol. The Kier molecular flexibility index (Phi) is 4.90. The molecule has 0 saturated carbocycles. The molecule has 1 saturated heterocycles. The fourth-order valence-electron chi connectivity index (χ4n) is 2.97. The predicted octanol–water partition coefficient (Wildman–Crippen LogP) is 2.51.